The highest BCUT2D eigenvalue weighted by Gasteiger charge is 2.38. The van der Waals surface area contributed by atoms with Gasteiger partial charge in [-0.3, -0.25) is 4.79 Å². The largest absolute Gasteiger partial charge is 0.471 e. The molecule has 1 aliphatic heterocycles. The molecule has 1 atom stereocenters. The molecule has 0 bridgehead atoms. The smallest absolute Gasteiger partial charge is 0.376 e. The maximum absolute atomic E-state index is 12.5. The molecule has 1 amide bonds. The molecule has 1 aromatic heterocycles. The van der Waals surface area contributed by atoms with E-state index in [0.717, 1.165) is 12.8 Å². The lowest BCUT2D eigenvalue weighted by Gasteiger charge is -2.21. The monoisotopic (exact) mass is 341 g/mol. The van der Waals surface area contributed by atoms with Crippen molar-refractivity contribution in [1.82, 2.24) is 10.1 Å². The Morgan fingerprint density at radius 1 is 1.29 bits per heavy atom. The summed E-state index contributed by atoms with van der Waals surface area (Å²) in [5.41, 5.74) is 0.977. The number of hydrogen-bond donors (Lipinski definition) is 0. The molecule has 1 saturated heterocycles. The van der Waals surface area contributed by atoms with E-state index in [1.165, 1.54) is 17.0 Å². The summed E-state index contributed by atoms with van der Waals surface area (Å²) < 4.78 is 47.1. The summed E-state index contributed by atoms with van der Waals surface area (Å²) in [5.74, 6) is -1.56. The highest BCUT2D eigenvalue weighted by atomic mass is 19.4. The first-order valence-electron chi connectivity index (χ1n) is 7.32. The average Bonchev–Trinajstić information content (AvgIpc) is 3.24. The number of ether oxygens (including phenoxy) is 1. The predicted molar refractivity (Wildman–Crippen MR) is 77.1 cm³/mol. The average molecular weight is 341 g/mol. The number of halogens is 3. The van der Waals surface area contributed by atoms with Crippen LogP contribution in [-0.4, -0.2) is 35.8 Å². The third kappa shape index (κ3) is 3.56. The Morgan fingerprint density at radius 2 is 2.04 bits per heavy atom. The number of amides is 1. The molecule has 9 heteroatoms. The van der Waals surface area contributed by atoms with Crippen LogP contribution in [0.3, 0.4) is 0 Å². The minimum atomic E-state index is -4.68. The van der Waals surface area contributed by atoms with Crippen LogP contribution in [0.1, 0.15) is 18.7 Å². The van der Waals surface area contributed by atoms with Crippen molar-refractivity contribution in [2.45, 2.75) is 25.1 Å². The van der Waals surface area contributed by atoms with Gasteiger partial charge in [0.25, 0.3) is 0 Å². The standard InChI is InChI=1S/C15H14F3N3O3/c16-15(17,18)14-19-13(20-24-14)10-3-5-11(6-4-10)21(9-22)8-12-2-1-7-23-12/h3-6,9,12H,1-2,7-8H2. The number of rotatable bonds is 5. The van der Waals surface area contributed by atoms with E-state index in [1.807, 2.05) is 0 Å². The van der Waals surface area contributed by atoms with Gasteiger partial charge in [-0.2, -0.15) is 18.2 Å². The van der Waals surface area contributed by atoms with Crippen molar-refractivity contribution in [2.24, 2.45) is 0 Å². The molecule has 6 nitrogen and oxygen atoms in total. The number of hydrogen-bond acceptors (Lipinski definition) is 5. The first-order chi connectivity index (χ1) is 11.5. The van der Waals surface area contributed by atoms with E-state index in [0.29, 0.717) is 30.8 Å². The van der Waals surface area contributed by atoms with Crippen molar-refractivity contribution in [3.05, 3.63) is 30.2 Å². The lowest BCUT2D eigenvalue weighted by Crippen LogP contribution is -2.30. The summed E-state index contributed by atoms with van der Waals surface area (Å²) in [6.45, 7) is 1.12. The van der Waals surface area contributed by atoms with Crippen molar-refractivity contribution in [2.75, 3.05) is 18.1 Å². The normalized spacial score (nSPS) is 17.9. The van der Waals surface area contributed by atoms with E-state index in [2.05, 4.69) is 14.7 Å². The quantitative estimate of drug-likeness (QED) is 0.782. The predicted octanol–water partition coefficient (Wildman–Crippen LogP) is 2.90. The van der Waals surface area contributed by atoms with Crippen molar-refractivity contribution in [3.8, 4) is 11.4 Å². The second-order valence-corrected chi connectivity index (χ2v) is 5.36. The molecular formula is C15H14F3N3O3. The van der Waals surface area contributed by atoms with Gasteiger partial charge < -0.3 is 14.2 Å². The van der Waals surface area contributed by atoms with Gasteiger partial charge in [0.1, 0.15) is 0 Å². The number of benzene rings is 1. The highest BCUT2D eigenvalue weighted by molar-refractivity contribution is 5.76. The Labute approximate surface area is 135 Å². The van der Waals surface area contributed by atoms with E-state index in [1.54, 1.807) is 12.1 Å². The molecule has 1 aliphatic rings. The maximum Gasteiger partial charge on any atom is 0.471 e. The minimum Gasteiger partial charge on any atom is -0.376 e. The molecule has 1 fully saturated rings. The number of anilines is 1. The van der Waals surface area contributed by atoms with E-state index in [4.69, 9.17) is 4.74 Å². The Morgan fingerprint density at radius 3 is 2.58 bits per heavy atom. The molecular weight excluding hydrogens is 327 g/mol. The summed E-state index contributed by atoms with van der Waals surface area (Å²) in [4.78, 5) is 16.1. The number of nitrogens with zero attached hydrogens (tertiary/aromatic N) is 3. The van der Waals surface area contributed by atoms with Gasteiger partial charge in [-0.05, 0) is 37.1 Å². The van der Waals surface area contributed by atoms with Gasteiger partial charge in [-0.15, -0.1) is 0 Å². The minimum absolute atomic E-state index is 0.00132. The Hall–Kier alpha value is -2.42. The summed E-state index contributed by atoms with van der Waals surface area (Å²) in [7, 11) is 0. The molecule has 3 rings (SSSR count). The lowest BCUT2D eigenvalue weighted by atomic mass is 10.1. The summed E-state index contributed by atoms with van der Waals surface area (Å²) in [5, 5.41) is 3.32. The van der Waals surface area contributed by atoms with Crippen LogP contribution < -0.4 is 4.90 Å². The van der Waals surface area contributed by atoms with Crippen molar-refractivity contribution < 1.29 is 27.2 Å². The summed E-state index contributed by atoms with van der Waals surface area (Å²) in [6.07, 6.45) is -2.11. The third-order valence-corrected chi connectivity index (χ3v) is 3.68. The highest BCUT2D eigenvalue weighted by Crippen LogP contribution is 2.30. The molecule has 0 saturated carbocycles. The third-order valence-electron chi connectivity index (χ3n) is 3.68. The number of alkyl halides is 3. The summed E-state index contributed by atoms with van der Waals surface area (Å²) in [6, 6.07) is 6.29. The van der Waals surface area contributed by atoms with E-state index < -0.39 is 12.1 Å². The maximum atomic E-state index is 12.5. The zero-order chi connectivity index (χ0) is 17.2. The van der Waals surface area contributed by atoms with Crippen LogP contribution in [0.5, 0.6) is 0 Å². The Kier molecular flexibility index (Phi) is 4.52. The van der Waals surface area contributed by atoms with Crippen molar-refractivity contribution in [1.29, 1.82) is 0 Å². The molecule has 24 heavy (non-hydrogen) atoms. The molecule has 128 valence electrons. The zero-order valence-corrected chi connectivity index (χ0v) is 12.5. The van der Waals surface area contributed by atoms with Crippen LogP contribution in [0.2, 0.25) is 0 Å². The molecule has 0 radical (unpaired) electrons. The van der Waals surface area contributed by atoms with Crippen LogP contribution in [-0.2, 0) is 15.7 Å². The number of carbonyl (C=O) groups is 1. The molecule has 2 heterocycles. The van der Waals surface area contributed by atoms with Gasteiger partial charge in [0.15, 0.2) is 0 Å². The van der Waals surface area contributed by atoms with Gasteiger partial charge in [-0.25, -0.2) is 0 Å². The van der Waals surface area contributed by atoms with Crippen LogP contribution in [0.4, 0.5) is 18.9 Å². The van der Waals surface area contributed by atoms with Gasteiger partial charge in [-0.1, -0.05) is 5.16 Å². The molecule has 0 N–H and O–H groups in total. The van der Waals surface area contributed by atoms with Crippen molar-refractivity contribution >= 4 is 12.1 Å². The SMILES string of the molecule is O=CN(CC1CCCO1)c1ccc(-c2noc(C(F)(F)F)n2)cc1. The van der Waals surface area contributed by atoms with Crippen LogP contribution >= 0.6 is 0 Å². The van der Waals surface area contributed by atoms with Crippen LogP contribution in [0.25, 0.3) is 11.4 Å². The van der Waals surface area contributed by atoms with Crippen LogP contribution in [0.15, 0.2) is 28.8 Å². The van der Waals surface area contributed by atoms with Crippen molar-refractivity contribution in [3.63, 3.8) is 0 Å². The Bertz CT molecular complexity index is 694. The second kappa shape index (κ2) is 6.60. The number of aromatic nitrogens is 2. The Balaban J connectivity index is 1.74. The lowest BCUT2D eigenvalue weighted by molar-refractivity contribution is -0.159. The van der Waals surface area contributed by atoms with Crippen LogP contribution in [0, 0.1) is 0 Å². The first-order valence-corrected chi connectivity index (χ1v) is 7.32. The fraction of sp³-hybridized carbons (Fsp3) is 0.400. The number of carbonyl (C=O) groups excluding carboxylic acids is 1. The molecule has 1 aromatic carbocycles. The first kappa shape index (κ1) is 16.4. The molecule has 2 aromatic rings. The molecule has 1 unspecified atom stereocenters. The molecule has 0 aliphatic carbocycles. The topological polar surface area (TPSA) is 68.5 Å². The van der Waals surface area contributed by atoms with E-state index >= 15 is 0 Å². The zero-order valence-electron chi connectivity index (χ0n) is 12.5. The molecule has 0 spiro atoms. The van der Waals surface area contributed by atoms with E-state index in [9.17, 15) is 18.0 Å². The van der Waals surface area contributed by atoms with E-state index in [-0.39, 0.29) is 11.9 Å². The van der Waals surface area contributed by atoms with Gasteiger partial charge >= 0.3 is 12.1 Å². The fourth-order valence-corrected chi connectivity index (χ4v) is 2.47. The fourth-order valence-electron chi connectivity index (χ4n) is 2.47. The summed E-state index contributed by atoms with van der Waals surface area (Å²) >= 11 is 0. The van der Waals surface area contributed by atoms with Gasteiger partial charge in [0, 0.05) is 17.9 Å². The second-order valence-electron chi connectivity index (χ2n) is 5.36. The van der Waals surface area contributed by atoms with Gasteiger partial charge in [0.2, 0.25) is 12.2 Å². The van der Waals surface area contributed by atoms with Gasteiger partial charge in [0.05, 0.1) is 12.6 Å².